The van der Waals surface area contributed by atoms with E-state index < -0.39 is 0 Å². The molecule has 0 bridgehead atoms. The molecular weight excluding hydrogens is 400 g/mol. The summed E-state index contributed by atoms with van der Waals surface area (Å²) in [5, 5.41) is 7.34. The lowest BCUT2D eigenvalue weighted by Crippen LogP contribution is -2.34. The summed E-state index contributed by atoms with van der Waals surface area (Å²) < 4.78 is 7.55. The number of nitrogens with one attached hydrogen (secondary N) is 2. The molecule has 1 atom stereocenters. The van der Waals surface area contributed by atoms with Crippen LogP contribution in [-0.4, -0.2) is 52.7 Å². The third-order valence-corrected chi connectivity index (χ3v) is 6.02. The highest BCUT2D eigenvalue weighted by molar-refractivity contribution is 7.80. The van der Waals surface area contributed by atoms with Gasteiger partial charge < -0.3 is 19.9 Å². The van der Waals surface area contributed by atoms with E-state index in [-0.39, 0.29) is 24.5 Å². The van der Waals surface area contributed by atoms with Crippen LogP contribution in [0, 0.1) is 0 Å². The number of aryl methyl sites for hydroxylation is 1. The van der Waals surface area contributed by atoms with Crippen LogP contribution in [0.25, 0.3) is 17.0 Å². The van der Waals surface area contributed by atoms with Gasteiger partial charge in [0.25, 0.3) is 5.91 Å². The molecule has 2 aliphatic rings. The summed E-state index contributed by atoms with van der Waals surface area (Å²) in [6, 6.07) is 6.09. The molecule has 2 aliphatic heterocycles. The number of fused-ring (bicyclic) bond motifs is 1. The SMILES string of the molecule is CCc1cccc2c(/C=C3\NC(=S)N(C)C3=O)cn(CC(=O)NC[C@@H]3CCCO3)c12. The van der Waals surface area contributed by atoms with Gasteiger partial charge in [0.15, 0.2) is 5.11 Å². The van der Waals surface area contributed by atoms with E-state index in [1.54, 1.807) is 13.1 Å². The smallest absolute Gasteiger partial charge is 0.276 e. The number of aromatic nitrogens is 1. The number of ether oxygens (including phenoxy) is 1. The molecule has 0 radical (unpaired) electrons. The van der Waals surface area contributed by atoms with Gasteiger partial charge in [-0.05, 0) is 43.1 Å². The number of likely N-dealkylation sites (N-methyl/N-ethyl adjacent to an activating group) is 1. The van der Waals surface area contributed by atoms with Crippen molar-refractivity contribution in [2.24, 2.45) is 0 Å². The molecule has 7 nitrogen and oxygen atoms in total. The van der Waals surface area contributed by atoms with Crippen LogP contribution in [0.4, 0.5) is 0 Å². The van der Waals surface area contributed by atoms with Crippen LogP contribution in [0.5, 0.6) is 0 Å². The van der Waals surface area contributed by atoms with Crippen molar-refractivity contribution in [3.05, 3.63) is 41.2 Å². The average Bonchev–Trinajstić information content (AvgIpc) is 3.44. The minimum absolute atomic E-state index is 0.0523. The molecule has 0 aliphatic carbocycles. The Morgan fingerprint density at radius 2 is 2.27 bits per heavy atom. The Kier molecular flexibility index (Phi) is 5.87. The van der Waals surface area contributed by atoms with Crippen LogP contribution in [0.3, 0.4) is 0 Å². The molecule has 8 heteroatoms. The number of nitrogens with zero attached hydrogens (tertiary/aromatic N) is 2. The van der Waals surface area contributed by atoms with Gasteiger partial charge in [0.1, 0.15) is 12.2 Å². The lowest BCUT2D eigenvalue weighted by atomic mass is 10.1. The second kappa shape index (κ2) is 8.57. The van der Waals surface area contributed by atoms with Crippen LogP contribution in [0.2, 0.25) is 0 Å². The number of para-hydroxylation sites is 1. The highest BCUT2D eigenvalue weighted by Crippen LogP contribution is 2.28. The van der Waals surface area contributed by atoms with Gasteiger partial charge in [-0.1, -0.05) is 25.1 Å². The third kappa shape index (κ3) is 3.97. The number of thiocarbonyl (C=S) groups is 1. The Hall–Kier alpha value is -2.71. The van der Waals surface area contributed by atoms with Crippen molar-refractivity contribution in [1.82, 2.24) is 20.1 Å². The summed E-state index contributed by atoms with van der Waals surface area (Å²) in [7, 11) is 1.65. The van der Waals surface area contributed by atoms with E-state index in [2.05, 4.69) is 23.6 Å². The molecule has 1 aromatic carbocycles. The summed E-state index contributed by atoms with van der Waals surface area (Å²) in [6.07, 6.45) is 6.73. The monoisotopic (exact) mass is 426 g/mol. The number of carbonyl (C=O) groups excluding carboxylic acids is 2. The molecule has 1 aromatic heterocycles. The highest BCUT2D eigenvalue weighted by atomic mass is 32.1. The van der Waals surface area contributed by atoms with Gasteiger partial charge in [-0.15, -0.1) is 0 Å². The molecule has 2 aromatic rings. The number of hydrogen-bond donors (Lipinski definition) is 2. The number of benzene rings is 1. The maximum atomic E-state index is 12.6. The van der Waals surface area contributed by atoms with Gasteiger partial charge in [0.2, 0.25) is 5.91 Å². The van der Waals surface area contributed by atoms with Gasteiger partial charge in [0.05, 0.1) is 11.6 Å². The van der Waals surface area contributed by atoms with Crippen molar-refractivity contribution in [2.75, 3.05) is 20.2 Å². The van der Waals surface area contributed by atoms with Gasteiger partial charge in [0, 0.05) is 37.3 Å². The molecule has 2 amide bonds. The third-order valence-electron chi connectivity index (χ3n) is 5.64. The summed E-state index contributed by atoms with van der Waals surface area (Å²) in [5.41, 5.74) is 3.48. The first kappa shape index (κ1) is 20.6. The van der Waals surface area contributed by atoms with Gasteiger partial charge >= 0.3 is 0 Å². The normalized spacial score (nSPS) is 20.4. The standard InChI is InChI=1S/C22H26N4O3S/c1-3-14-6-4-8-17-15(10-18-21(28)25(2)22(30)24-18)12-26(20(14)17)13-19(27)23-11-16-7-5-9-29-16/h4,6,8,10,12,16H,3,5,7,9,11,13H2,1-2H3,(H,23,27)(H,24,30)/b18-10-/t16-/m0/s1. The minimum atomic E-state index is -0.165. The van der Waals surface area contributed by atoms with E-state index >= 15 is 0 Å². The number of amides is 2. The Labute approximate surface area is 181 Å². The molecule has 3 heterocycles. The zero-order valence-electron chi connectivity index (χ0n) is 17.2. The Morgan fingerprint density at radius 3 is 2.93 bits per heavy atom. The van der Waals surface area contributed by atoms with Crippen molar-refractivity contribution in [2.45, 2.75) is 38.8 Å². The van der Waals surface area contributed by atoms with Gasteiger partial charge in [-0.25, -0.2) is 0 Å². The lowest BCUT2D eigenvalue weighted by molar-refractivity contribution is -0.122. The molecule has 0 spiro atoms. The molecule has 4 rings (SSSR count). The fourth-order valence-electron chi connectivity index (χ4n) is 4.01. The summed E-state index contributed by atoms with van der Waals surface area (Å²) in [4.78, 5) is 26.4. The molecule has 2 N–H and O–H groups in total. The quantitative estimate of drug-likeness (QED) is 0.547. The summed E-state index contributed by atoms with van der Waals surface area (Å²) >= 11 is 5.17. The first-order chi connectivity index (χ1) is 14.5. The van der Waals surface area contributed by atoms with Crippen LogP contribution in [0.1, 0.15) is 30.9 Å². The van der Waals surface area contributed by atoms with E-state index in [1.807, 2.05) is 22.9 Å². The van der Waals surface area contributed by atoms with Crippen molar-refractivity contribution in [1.29, 1.82) is 0 Å². The minimum Gasteiger partial charge on any atom is -0.376 e. The largest absolute Gasteiger partial charge is 0.376 e. The average molecular weight is 427 g/mol. The number of carbonyl (C=O) groups is 2. The van der Waals surface area contributed by atoms with Gasteiger partial charge in [-0.2, -0.15) is 0 Å². The molecule has 158 valence electrons. The Bertz CT molecular complexity index is 1040. The Morgan fingerprint density at radius 1 is 1.43 bits per heavy atom. The predicted octanol–water partition coefficient (Wildman–Crippen LogP) is 2.19. The van der Waals surface area contributed by atoms with Gasteiger partial charge in [-0.3, -0.25) is 14.5 Å². The number of rotatable bonds is 6. The van der Waals surface area contributed by atoms with E-state index in [0.29, 0.717) is 17.4 Å². The van der Waals surface area contributed by atoms with Crippen LogP contribution >= 0.6 is 12.2 Å². The van der Waals surface area contributed by atoms with Crippen molar-refractivity contribution in [3.63, 3.8) is 0 Å². The zero-order chi connectivity index (χ0) is 21.3. The second-order valence-corrected chi connectivity index (χ2v) is 8.06. The number of hydrogen-bond acceptors (Lipinski definition) is 4. The highest BCUT2D eigenvalue weighted by Gasteiger charge is 2.27. The van der Waals surface area contributed by atoms with Crippen molar-refractivity contribution in [3.8, 4) is 0 Å². The molecule has 2 fully saturated rings. The molecule has 0 saturated carbocycles. The predicted molar refractivity (Wildman–Crippen MR) is 120 cm³/mol. The van der Waals surface area contributed by atoms with Crippen LogP contribution in [0.15, 0.2) is 30.1 Å². The molecule has 30 heavy (non-hydrogen) atoms. The fraction of sp³-hybridized carbons (Fsp3) is 0.409. The maximum Gasteiger partial charge on any atom is 0.276 e. The topological polar surface area (TPSA) is 75.6 Å². The van der Waals surface area contributed by atoms with Crippen LogP contribution < -0.4 is 10.6 Å². The first-order valence-electron chi connectivity index (χ1n) is 10.3. The first-order valence-corrected chi connectivity index (χ1v) is 10.7. The fourth-order valence-corrected chi connectivity index (χ4v) is 4.21. The second-order valence-electron chi connectivity index (χ2n) is 7.67. The molecular formula is C22H26N4O3S. The van der Waals surface area contributed by atoms with Crippen LogP contribution in [-0.2, 0) is 27.3 Å². The van der Waals surface area contributed by atoms with Crippen molar-refractivity contribution < 1.29 is 14.3 Å². The molecule has 0 unspecified atom stereocenters. The molecule has 2 saturated heterocycles. The van der Waals surface area contributed by atoms with Crippen molar-refractivity contribution >= 4 is 46.1 Å². The zero-order valence-corrected chi connectivity index (χ0v) is 18.1. The van der Waals surface area contributed by atoms with E-state index in [9.17, 15) is 9.59 Å². The summed E-state index contributed by atoms with van der Waals surface area (Å²) in [5.74, 6) is -0.217. The van der Waals surface area contributed by atoms with E-state index in [1.165, 1.54) is 4.90 Å². The maximum absolute atomic E-state index is 12.6. The van der Waals surface area contributed by atoms with E-state index in [4.69, 9.17) is 17.0 Å². The lowest BCUT2D eigenvalue weighted by Gasteiger charge is -2.12. The van der Waals surface area contributed by atoms with E-state index in [0.717, 1.165) is 47.9 Å². The summed E-state index contributed by atoms with van der Waals surface area (Å²) in [6.45, 7) is 3.62. The Balaban J connectivity index is 1.63.